The Morgan fingerprint density at radius 3 is 2.69 bits per heavy atom. The summed E-state index contributed by atoms with van der Waals surface area (Å²) in [6, 6.07) is 6.83. The van der Waals surface area contributed by atoms with Gasteiger partial charge in [-0.15, -0.1) is 0 Å². The van der Waals surface area contributed by atoms with Gasteiger partial charge in [0.15, 0.2) is 16.7 Å². The molecule has 1 amide bonds. The molecule has 2 aromatic rings. The Labute approximate surface area is 155 Å². The van der Waals surface area contributed by atoms with E-state index in [2.05, 4.69) is 15.3 Å². The van der Waals surface area contributed by atoms with Crippen LogP contribution in [0.2, 0.25) is 0 Å². The first-order valence-corrected chi connectivity index (χ1v) is 8.83. The van der Waals surface area contributed by atoms with E-state index in [9.17, 15) is 9.59 Å². The zero-order valence-electron chi connectivity index (χ0n) is 14.9. The van der Waals surface area contributed by atoms with Gasteiger partial charge in [-0.25, -0.2) is 4.98 Å². The first kappa shape index (κ1) is 19.6. The lowest BCUT2D eigenvalue weighted by Crippen LogP contribution is -2.32. The van der Waals surface area contributed by atoms with Gasteiger partial charge in [0, 0.05) is 12.6 Å². The van der Waals surface area contributed by atoms with Gasteiger partial charge in [-0.2, -0.15) is 0 Å². The molecule has 0 aliphatic rings. The molecular weight excluding hydrogens is 356 g/mol. The number of hydrogen-bond acceptors (Lipinski definition) is 7. The normalized spacial score (nSPS) is 11.7. The highest BCUT2D eigenvalue weighted by molar-refractivity contribution is 8.00. The summed E-state index contributed by atoms with van der Waals surface area (Å²) in [6.45, 7) is 2.21. The standard InChI is InChI=1S/C17H22N4O4S/c1-10(26-17-20-14(18)9-15(22)21-17)16(23)19-7-6-11-4-5-12(24-2)13(8-11)25-3/h4-5,8-10H,6-7H2,1-3H3,(H,19,23)(H3,18,20,21,22). The van der Waals surface area contributed by atoms with Crippen LogP contribution in [0.4, 0.5) is 5.82 Å². The van der Waals surface area contributed by atoms with Crippen LogP contribution in [0.3, 0.4) is 0 Å². The van der Waals surface area contributed by atoms with Crippen molar-refractivity contribution < 1.29 is 14.3 Å². The number of methoxy groups -OCH3 is 2. The van der Waals surface area contributed by atoms with Crippen molar-refractivity contribution in [2.75, 3.05) is 26.5 Å². The van der Waals surface area contributed by atoms with E-state index >= 15 is 0 Å². The van der Waals surface area contributed by atoms with Crippen molar-refractivity contribution in [3.63, 3.8) is 0 Å². The number of nitrogens with one attached hydrogen (secondary N) is 2. The number of nitrogens with zero attached hydrogens (tertiary/aromatic N) is 1. The Morgan fingerprint density at radius 1 is 1.31 bits per heavy atom. The molecule has 1 aromatic carbocycles. The summed E-state index contributed by atoms with van der Waals surface area (Å²) in [6.07, 6.45) is 0.650. The number of aromatic amines is 1. The third kappa shape index (κ3) is 5.41. The molecular formula is C17H22N4O4S. The zero-order valence-corrected chi connectivity index (χ0v) is 15.7. The number of ether oxygens (including phenoxy) is 2. The summed E-state index contributed by atoms with van der Waals surface area (Å²) in [5.41, 5.74) is 6.21. The predicted molar refractivity (Wildman–Crippen MR) is 101 cm³/mol. The van der Waals surface area contributed by atoms with Gasteiger partial charge in [0.2, 0.25) is 5.91 Å². The van der Waals surface area contributed by atoms with Crippen LogP contribution < -0.4 is 26.1 Å². The second-order valence-corrected chi connectivity index (χ2v) is 6.80. The second kappa shape index (κ2) is 9.14. The average molecular weight is 378 g/mol. The number of nitrogens with two attached hydrogens (primary N) is 1. The van der Waals surface area contributed by atoms with E-state index < -0.39 is 5.25 Å². The largest absolute Gasteiger partial charge is 0.493 e. The van der Waals surface area contributed by atoms with Crippen LogP contribution in [0.5, 0.6) is 11.5 Å². The molecule has 26 heavy (non-hydrogen) atoms. The minimum atomic E-state index is -0.426. The molecule has 0 aliphatic heterocycles. The van der Waals surface area contributed by atoms with E-state index in [-0.39, 0.29) is 17.3 Å². The maximum absolute atomic E-state index is 12.2. The smallest absolute Gasteiger partial charge is 0.253 e. The van der Waals surface area contributed by atoms with Gasteiger partial charge in [0.05, 0.1) is 19.5 Å². The van der Waals surface area contributed by atoms with Crippen LogP contribution in [0.15, 0.2) is 34.2 Å². The van der Waals surface area contributed by atoms with Gasteiger partial charge < -0.3 is 25.5 Å². The molecule has 140 valence electrons. The number of nitrogen functional groups attached to an aromatic ring is 1. The number of H-pyrrole nitrogens is 1. The molecule has 2 rings (SSSR count). The van der Waals surface area contributed by atoms with E-state index in [0.717, 1.165) is 17.3 Å². The summed E-state index contributed by atoms with van der Waals surface area (Å²) in [5, 5.41) is 2.76. The zero-order chi connectivity index (χ0) is 19.1. The maximum atomic E-state index is 12.2. The highest BCUT2D eigenvalue weighted by Gasteiger charge is 2.15. The Hall–Kier alpha value is -2.68. The second-order valence-electron chi connectivity index (χ2n) is 5.47. The number of anilines is 1. The molecule has 0 fully saturated rings. The van der Waals surface area contributed by atoms with Crippen LogP contribution >= 0.6 is 11.8 Å². The van der Waals surface area contributed by atoms with E-state index in [1.54, 1.807) is 21.1 Å². The van der Waals surface area contributed by atoms with Crippen molar-refractivity contribution in [1.29, 1.82) is 0 Å². The molecule has 0 saturated heterocycles. The van der Waals surface area contributed by atoms with Crippen LogP contribution in [0.1, 0.15) is 12.5 Å². The third-order valence-electron chi connectivity index (χ3n) is 3.56. The SMILES string of the molecule is COc1ccc(CCNC(=O)C(C)Sc2nc(N)cc(=O)[nH]2)cc1OC. The van der Waals surface area contributed by atoms with Gasteiger partial charge in [-0.05, 0) is 31.0 Å². The Morgan fingerprint density at radius 2 is 2.04 bits per heavy atom. The molecule has 1 atom stereocenters. The highest BCUT2D eigenvalue weighted by atomic mass is 32.2. The van der Waals surface area contributed by atoms with E-state index in [0.29, 0.717) is 29.6 Å². The van der Waals surface area contributed by atoms with E-state index in [1.807, 2.05) is 18.2 Å². The lowest BCUT2D eigenvalue weighted by Gasteiger charge is -2.12. The molecule has 0 spiro atoms. The molecule has 1 unspecified atom stereocenters. The van der Waals surface area contributed by atoms with Crippen molar-refractivity contribution >= 4 is 23.5 Å². The molecule has 1 aromatic heterocycles. The number of benzene rings is 1. The van der Waals surface area contributed by atoms with E-state index in [1.165, 1.54) is 6.07 Å². The molecule has 0 aliphatic carbocycles. The number of amides is 1. The van der Waals surface area contributed by atoms with Gasteiger partial charge in [-0.3, -0.25) is 9.59 Å². The fourth-order valence-corrected chi connectivity index (χ4v) is 3.08. The molecule has 8 nitrogen and oxygen atoms in total. The number of thioether (sulfide) groups is 1. The molecule has 0 radical (unpaired) electrons. The number of aromatic nitrogens is 2. The number of carbonyl (C=O) groups excluding carboxylic acids is 1. The van der Waals surface area contributed by atoms with Crippen molar-refractivity contribution in [2.45, 2.75) is 23.8 Å². The molecule has 9 heteroatoms. The predicted octanol–water partition coefficient (Wildman–Crippen LogP) is 1.21. The summed E-state index contributed by atoms with van der Waals surface area (Å²) in [4.78, 5) is 30.1. The summed E-state index contributed by atoms with van der Waals surface area (Å²) >= 11 is 1.14. The molecule has 4 N–H and O–H groups in total. The number of rotatable bonds is 8. The molecule has 0 saturated carbocycles. The Kier molecular flexibility index (Phi) is 6.90. The topological polar surface area (TPSA) is 119 Å². The fraction of sp³-hybridized carbons (Fsp3) is 0.353. The highest BCUT2D eigenvalue weighted by Crippen LogP contribution is 2.27. The number of carbonyl (C=O) groups is 1. The van der Waals surface area contributed by atoms with Gasteiger partial charge in [-0.1, -0.05) is 17.8 Å². The summed E-state index contributed by atoms with van der Waals surface area (Å²) in [5.74, 6) is 1.28. The monoisotopic (exact) mass is 378 g/mol. The van der Waals surface area contributed by atoms with Crippen LogP contribution in [0.25, 0.3) is 0 Å². The maximum Gasteiger partial charge on any atom is 0.253 e. The molecule has 0 bridgehead atoms. The van der Waals surface area contributed by atoms with E-state index in [4.69, 9.17) is 15.2 Å². The summed E-state index contributed by atoms with van der Waals surface area (Å²) in [7, 11) is 3.16. The van der Waals surface area contributed by atoms with Gasteiger partial charge >= 0.3 is 0 Å². The first-order chi connectivity index (χ1) is 12.4. The molecule has 1 heterocycles. The van der Waals surface area contributed by atoms with Crippen LogP contribution in [-0.4, -0.2) is 41.9 Å². The minimum absolute atomic E-state index is 0.123. The summed E-state index contributed by atoms with van der Waals surface area (Å²) < 4.78 is 10.5. The van der Waals surface area contributed by atoms with Gasteiger partial charge in [0.1, 0.15) is 5.82 Å². The van der Waals surface area contributed by atoms with Crippen molar-refractivity contribution in [3.05, 3.63) is 40.2 Å². The lowest BCUT2D eigenvalue weighted by molar-refractivity contribution is -0.120. The van der Waals surface area contributed by atoms with Crippen molar-refractivity contribution in [2.24, 2.45) is 0 Å². The lowest BCUT2D eigenvalue weighted by atomic mass is 10.1. The average Bonchev–Trinajstić information content (AvgIpc) is 2.60. The Balaban J connectivity index is 1.87. The third-order valence-corrected chi connectivity index (χ3v) is 4.54. The van der Waals surface area contributed by atoms with Crippen LogP contribution in [0, 0.1) is 0 Å². The first-order valence-electron chi connectivity index (χ1n) is 7.95. The van der Waals surface area contributed by atoms with Crippen molar-refractivity contribution in [3.8, 4) is 11.5 Å². The number of hydrogen-bond donors (Lipinski definition) is 3. The van der Waals surface area contributed by atoms with Gasteiger partial charge in [0.25, 0.3) is 5.56 Å². The fourth-order valence-electron chi connectivity index (χ4n) is 2.24. The van der Waals surface area contributed by atoms with Crippen molar-refractivity contribution in [1.82, 2.24) is 15.3 Å². The minimum Gasteiger partial charge on any atom is -0.493 e. The Bertz CT molecular complexity index is 825. The van der Waals surface area contributed by atoms with Crippen LogP contribution in [-0.2, 0) is 11.2 Å². The quantitative estimate of drug-likeness (QED) is 0.466.